The third-order valence-corrected chi connectivity index (χ3v) is 4.71. The van der Waals surface area contributed by atoms with E-state index in [-0.39, 0.29) is 5.92 Å². The molecule has 1 aromatic carbocycles. The number of hydrogen-bond donors (Lipinski definition) is 0. The number of pyridine rings is 1. The molecule has 0 N–H and O–H groups in total. The second kappa shape index (κ2) is 7.15. The first-order valence-corrected chi connectivity index (χ1v) is 8.72. The molecule has 0 saturated carbocycles. The molecule has 0 amide bonds. The van der Waals surface area contributed by atoms with E-state index >= 15 is 0 Å². The number of hydrogen-bond acceptors (Lipinski definition) is 3. The normalized spacial score (nSPS) is 17.4. The Kier molecular flexibility index (Phi) is 4.70. The van der Waals surface area contributed by atoms with E-state index in [1.165, 1.54) is 12.3 Å². The van der Waals surface area contributed by atoms with Gasteiger partial charge in [0, 0.05) is 24.3 Å². The Morgan fingerprint density at radius 2 is 1.89 bits per heavy atom. The predicted molar refractivity (Wildman–Crippen MR) is 94.2 cm³/mol. The van der Waals surface area contributed by atoms with Crippen molar-refractivity contribution in [3.05, 3.63) is 71.9 Å². The van der Waals surface area contributed by atoms with Gasteiger partial charge in [-0.25, -0.2) is 4.98 Å². The number of aromatic nitrogens is 3. The molecule has 4 nitrogen and oxygen atoms in total. The summed E-state index contributed by atoms with van der Waals surface area (Å²) in [6.07, 6.45) is -0.509. The number of ether oxygens (including phenoxy) is 1. The summed E-state index contributed by atoms with van der Waals surface area (Å²) in [7, 11) is 0. The highest BCUT2D eigenvalue weighted by Gasteiger charge is 2.32. The fourth-order valence-electron chi connectivity index (χ4n) is 3.40. The van der Waals surface area contributed by atoms with Crippen molar-refractivity contribution in [3.8, 4) is 11.3 Å². The molecule has 1 saturated heterocycles. The number of nitrogens with zero attached hydrogens (tertiary/aromatic N) is 3. The summed E-state index contributed by atoms with van der Waals surface area (Å²) in [5, 5.41) is 0. The summed E-state index contributed by atoms with van der Waals surface area (Å²) in [4.78, 5) is 8.15. The zero-order valence-electron chi connectivity index (χ0n) is 14.5. The molecule has 0 radical (unpaired) electrons. The van der Waals surface area contributed by atoms with Gasteiger partial charge in [0.25, 0.3) is 0 Å². The van der Waals surface area contributed by atoms with E-state index in [1.807, 2.05) is 34.9 Å². The molecule has 27 heavy (non-hydrogen) atoms. The highest BCUT2D eigenvalue weighted by Crippen LogP contribution is 2.34. The molecule has 0 bridgehead atoms. The Balaban J connectivity index is 1.67. The quantitative estimate of drug-likeness (QED) is 0.675. The lowest BCUT2D eigenvalue weighted by Crippen LogP contribution is -2.11. The maximum absolute atomic E-state index is 12.7. The third kappa shape index (κ3) is 3.73. The zero-order chi connectivity index (χ0) is 18.9. The molecular formula is C20H18F3N3O. The maximum Gasteiger partial charge on any atom is 0.433 e. The molecule has 3 aromatic rings. The van der Waals surface area contributed by atoms with Gasteiger partial charge in [0.1, 0.15) is 5.69 Å². The van der Waals surface area contributed by atoms with Crippen LogP contribution in [-0.4, -0.2) is 27.7 Å². The summed E-state index contributed by atoms with van der Waals surface area (Å²) in [6.45, 7) is 1.74. The summed E-state index contributed by atoms with van der Waals surface area (Å²) < 4.78 is 45.7. The van der Waals surface area contributed by atoms with Crippen LogP contribution < -0.4 is 0 Å². The summed E-state index contributed by atoms with van der Waals surface area (Å²) >= 11 is 0. The van der Waals surface area contributed by atoms with Crippen molar-refractivity contribution in [2.75, 3.05) is 13.2 Å². The van der Waals surface area contributed by atoms with Crippen molar-refractivity contribution in [1.82, 2.24) is 14.5 Å². The van der Waals surface area contributed by atoms with E-state index < -0.39 is 11.9 Å². The fourth-order valence-corrected chi connectivity index (χ4v) is 3.40. The molecule has 0 spiro atoms. The monoisotopic (exact) mass is 373 g/mol. The number of rotatable bonds is 4. The van der Waals surface area contributed by atoms with Crippen LogP contribution >= 0.6 is 0 Å². The number of imidazole rings is 1. The first-order chi connectivity index (χ1) is 13.0. The van der Waals surface area contributed by atoms with E-state index in [0.717, 1.165) is 29.4 Å². The van der Waals surface area contributed by atoms with Gasteiger partial charge in [-0.15, -0.1) is 0 Å². The van der Waals surface area contributed by atoms with Crippen molar-refractivity contribution >= 4 is 0 Å². The molecular weight excluding hydrogens is 355 g/mol. The van der Waals surface area contributed by atoms with Gasteiger partial charge in [0.05, 0.1) is 30.9 Å². The van der Waals surface area contributed by atoms with Crippen LogP contribution in [0.25, 0.3) is 11.3 Å². The fraction of sp³-hybridized carbons (Fsp3) is 0.300. The Bertz CT molecular complexity index is 898. The van der Waals surface area contributed by atoms with Gasteiger partial charge in [-0.3, -0.25) is 4.98 Å². The molecule has 0 unspecified atom stereocenters. The Morgan fingerprint density at radius 3 is 2.52 bits per heavy atom. The van der Waals surface area contributed by atoms with Crippen molar-refractivity contribution in [2.45, 2.75) is 25.1 Å². The second-order valence-corrected chi connectivity index (χ2v) is 6.58. The van der Waals surface area contributed by atoms with Gasteiger partial charge in [0.2, 0.25) is 0 Å². The second-order valence-electron chi connectivity index (χ2n) is 6.58. The van der Waals surface area contributed by atoms with Gasteiger partial charge in [0.15, 0.2) is 0 Å². The molecule has 3 heterocycles. The van der Waals surface area contributed by atoms with Crippen molar-refractivity contribution in [3.63, 3.8) is 0 Å². The van der Waals surface area contributed by atoms with Crippen molar-refractivity contribution in [1.29, 1.82) is 0 Å². The molecule has 1 fully saturated rings. The van der Waals surface area contributed by atoms with Gasteiger partial charge in [-0.2, -0.15) is 13.2 Å². The van der Waals surface area contributed by atoms with Crippen LogP contribution in [0.15, 0.2) is 55.0 Å². The summed E-state index contributed by atoms with van der Waals surface area (Å²) in [5.74, 6) is 0.213. The molecule has 1 atom stereocenters. The highest BCUT2D eigenvalue weighted by molar-refractivity contribution is 5.62. The van der Waals surface area contributed by atoms with Crippen LogP contribution in [0.4, 0.5) is 13.2 Å². The SMILES string of the molecule is FC(F)(F)c1ccc(Cn2cnc(-c3ccccc3)c2[C@H]2CCOC2)cn1. The van der Waals surface area contributed by atoms with Crippen molar-refractivity contribution < 1.29 is 17.9 Å². The van der Waals surface area contributed by atoms with Gasteiger partial charge in [-0.1, -0.05) is 36.4 Å². The van der Waals surface area contributed by atoms with E-state index in [0.29, 0.717) is 25.3 Å². The van der Waals surface area contributed by atoms with Crippen LogP contribution in [0, 0.1) is 0 Å². The smallest absolute Gasteiger partial charge is 0.381 e. The molecule has 1 aliphatic rings. The largest absolute Gasteiger partial charge is 0.433 e. The average Bonchev–Trinajstić information content (AvgIpc) is 3.31. The van der Waals surface area contributed by atoms with Gasteiger partial charge in [-0.05, 0) is 18.1 Å². The van der Waals surface area contributed by atoms with E-state index in [1.54, 1.807) is 6.33 Å². The van der Waals surface area contributed by atoms with Gasteiger partial charge < -0.3 is 9.30 Å². The number of halogens is 3. The topological polar surface area (TPSA) is 39.9 Å². The Labute approximate surface area is 154 Å². The minimum atomic E-state index is -4.43. The minimum absolute atomic E-state index is 0.213. The van der Waals surface area contributed by atoms with E-state index in [9.17, 15) is 13.2 Å². The van der Waals surface area contributed by atoms with E-state index in [4.69, 9.17) is 4.74 Å². The first-order valence-electron chi connectivity index (χ1n) is 8.72. The van der Waals surface area contributed by atoms with Crippen molar-refractivity contribution in [2.24, 2.45) is 0 Å². The van der Waals surface area contributed by atoms with Crippen LogP contribution in [0.1, 0.15) is 29.3 Å². The Hall–Kier alpha value is -2.67. The van der Waals surface area contributed by atoms with Crippen LogP contribution in [-0.2, 0) is 17.5 Å². The highest BCUT2D eigenvalue weighted by atomic mass is 19.4. The zero-order valence-corrected chi connectivity index (χ0v) is 14.5. The standard InChI is InChI=1S/C20H18F3N3O/c21-20(22,23)17-7-6-14(10-24-17)11-26-13-25-18(15-4-2-1-3-5-15)19(26)16-8-9-27-12-16/h1-7,10,13,16H,8-9,11-12H2/t16-/m0/s1. The molecule has 0 aliphatic carbocycles. The maximum atomic E-state index is 12.7. The lowest BCUT2D eigenvalue weighted by Gasteiger charge is -2.15. The molecule has 140 valence electrons. The minimum Gasteiger partial charge on any atom is -0.381 e. The lowest BCUT2D eigenvalue weighted by molar-refractivity contribution is -0.141. The van der Waals surface area contributed by atoms with E-state index in [2.05, 4.69) is 9.97 Å². The third-order valence-electron chi connectivity index (χ3n) is 4.71. The molecule has 2 aromatic heterocycles. The summed E-state index contributed by atoms with van der Waals surface area (Å²) in [5.41, 5.74) is 2.78. The van der Waals surface area contributed by atoms with Crippen LogP contribution in [0.3, 0.4) is 0 Å². The average molecular weight is 373 g/mol. The molecule has 4 rings (SSSR count). The number of alkyl halides is 3. The summed E-state index contributed by atoms with van der Waals surface area (Å²) in [6, 6.07) is 12.4. The predicted octanol–water partition coefficient (Wildman–Crippen LogP) is 4.52. The molecule has 7 heteroatoms. The van der Waals surface area contributed by atoms with Gasteiger partial charge >= 0.3 is 6.18 Å². The number of benzene rings is 1. The van der Waals surface area contributed by atoms with Crippen LogP contribution in [0.2, 0.25) is 0 Å². The molecule has 1 aliphatic heterocycles. The van der Waals surface area contributed by atoms with Crippen LogP contribution in [0.5, 0.6) is 0 Å². The Morgan fingerprint density at radius 1 is 1.07 bits per heavy atom. The first kappa shape index (κ1) is 17.7. The lowest BCUT2D eigenvalue weighted by atomic mass is 9.99.